The Morgan fingerprint density at radius 1 is 1.14 bits per heavy atom. The summed E-state index contributed by atoms with van der Waals surface area (Å²) >= 11 is 0. The normalized spacial score (nSPS) is 26.2. The number of amides is 1. The third-order valence-corrected chi connectivity index (χ3v) is 8.10. The number of anilines is 1. The molecule has 0 saturated carbocycles. The van der Waals surface area contributed by atoms with Crippen molar-refractivity contribution in [3.05, 3.63) is 22.2 Å². The molecule has 1 fully saturated rings. The van der Waals surface area contributed by atoms with Crippen LogP contribution in [0, 0.1) is 6.92 Å². The predicted molar refractivity (Wildman–Crippen MR) is 113 cm³/mol. The number of carbonyl (C=O) groups is 1. The molecule has 7 N–H and O–H groups in total. The van der Waals surface area contributed by atoms with Crippen molar-refractivity contribution in [3.8, 4) is 0 Å². The fraction of sp³-hybridized carbons (Fsp3) is 0.643. The summed E-state index contributed by atoms with van der Waals surface area (Å²) in [6.45, 7) is 2.22. The van der Waals surface area contributed by atoms with E-state index in [1.165, 1.54) is 13.1 Å². The van der Waals surface area contributed by atoms with Gasteiger partial charge in [-0.2, -0.15) is 13.6 Å². The highest BCUT2D eigenvalue weighted by Gasteiger charge is 2.46. The molecular formula is C14H24N3O15P3. The number of aliphatic hydroxyl groups excluding tert-OH is 2. The lowest BCUT2D eigenvalue weighted by molar-refractivity contribution is -0.116. The summed E-state index contributed by atoms with van der Waals surface area (Å²) in [5.41, 5.74) is -0.678. The predicted octanol–water partition coefficient (Wildman–Crippen LogP) is -0.747. The largest absolute Gasteiger partial charge is 0.490 e. The molecule has 1 aliphatic rings. The molecule has 0 aromatic carbocycles. The van der Waals surface area contributed by atoms with Crippen molar-refractivity contribution in [2.24, 2.45) is 0 Å². The van der Waals surface area contributed by atoms with Crippen molar-refractivity contribution < 1.29 is 66.2 Å². The van der Waals surface area contributed by atoms with Gasteiger partial charge in [0.25, 0.3) is 0 Å². The number of aromatic nitrogens is 2. The lowest BCUT2D eigenvalue weighted by Crippen LogP contribution is -2.36. The Kier molecular flexibility index (Phi) is 9.69. The smallest absolute Gasteiger partial charge is 0.387 e. The molecule has 35 heavy (non-hydrogen) atoms. The molecule has 0 radical (unpaired) electrons. The van der Waals surface area contributed by atoms with Gasteiger partial charge in [-0.15, -0.1) is 0 Å². The average molecular weight is 567 g/mol. The summed E-state index contributed by atoms with van der Waals surface area (Å²) < 4.78 is 51.4. The molecule has 1 amide bonds. The molecule has 0 aliphatic carbocycles. The van der Waals surface area contributed by atoms with Crippen molar-refractivity contribution in [1.82, 2.24) is 9.55 Å². The number of hydrogen-bond donors (Lipinski definition) is 7. The van der Waals surface area contributed by atoms with Crippen LogP contribution in [-0.4, -0.2) is 70.2 Å². The van der Waals surface area contributed by atoms with E-state index in [0.717, 1.165) is 4.57 Å². The molecule has 1 saturated heterocycles. The summed E-state index contributed by atoms with van der Waals surface area (Å²) in [6, 6.07) is 0. The van der Waals surface area contributed by atoms with Gasteiger partial charge in [-0.25, -0.2) is 18.5 Å². The van der Waals surface area contributed by atoms with E-state index in [1.807, 2.05) is 0 Å². The van der Waals surface area contributed by atoms with E-state index in [9.17, 15) is 38.4 Å². The van der Waals surface area contributed by atoms with Gasteiger partial charge in [-0.05, 0) is 13.3 Å². The zero-order chi connectivity index (χ0) is 26.8. The average Bonchev–Trinajstić information content (AvgIpc) is 2.94. The van der Waals surface area contributed by atoms with Gasteiger partial charge in [-0.1, -0.05) is 6.92 Å². The Morgan fingerprint density at radius 3 is 2.34 bits per heavy atom. The van der Waals surface area contributed by atoms with Crippen LogP contribution in [0.4, 0.5) is 5.82 Å². The van der Waals surface area contributed by atoms with E-state index in [0.29, 0.717) is 12.0 Å². The number of phosphoric acid groups is 3. The minimum absolute atomic E-state index is 0.0260. The van der Waals surface area contributed by atoms with Gasteiger partial charge >= 0.3 is 29.2 Å². The first-order valence-electron chi connectivity index (χ1n) is 9.64. The minimum Gasteiger partial charge on any atom is -0.387 e. The Morgan fingerprint density at radius 2 is 1.77 bits per heavy atom. The van der Waals surface area contributed by atoms with Crippen LogP contribution >= 0.6 is 23.5 Å². The molecule has 2 rings (SSSR count). The highest BCUT2D eigenvalue weighted by Crippen LogP contribution is 2.66. The Hall–Kier alpha value is -1.36. The zero-order valence-electron chi connectivity index (χ0n) is 18.1. The highest BCUT2D eigenvalue weighted by molar-refractivity contribution is 7.66. The van der Waals surface area contributed by atoms with Crippen LogP contribution in [0.3, 0.4) is 0 Å². The van der Waals surface area contributed by atoms with E-state index in [-0.39, 0.29) is 18.1 Å². The molecule has 6 atom stereocenters. The lowest BCUT2D eigenvalue weighted by Gasteiger charge is -2.19. The molecule has 21 heteroatoms. The van der Waals surface area contributed by atoms with Crippen LogP contribution in [0.5, 0.6) is 0 Å². The standard InChI is InChI=1S/C14H24N3O15P3/c1-3-4-9(18)15-12-7(2)5-17(14(21)16-12)13-11(20)10(19)8(30-13)6-29-34(25,26)32-35(27,28)31-33(22,23)24/h5,8,10-11,13,19-20H,3-4,6H2,1-2H3,(H,25,26)(H,27,28)(H2,22,23,24)(H,15,16,18,21)/t8-,10-,11-,13-/m1/s1. The van der Waals surface area contributed by atoms with E-state index in [2.05, 4.69) is 23.4 Å². The monoisotopic (exact) mass is 567 g/mol. The van der Waals surface area contributed by atoms with Gasteiger partial charge < -0.3 is 39.8 Å². The van der Waals surface area contributed by atoms with Crippen molar-refractivity contribution in [2.75, 3.05) is 11.9 Å². The number of nitrogens with zero attached hydrogens (tertiary/aromatic N) is 2. The van der Waals surface area contributed by atoms with Gasteiger partial charge in [0.1, 0.15) is 24.1 Å². The third-order valence-electron chi connectivity index (χ3n) is 4.30. The second kappa shape index (κ2) is 11.4. The van der Waals surface area contributed by atoms with E-state index in [1.54, 1.807) is 6.92 Å². The number of aryl methyl sites for hydroxylation is 1. The first-order valence-corrected chi connectivity index (χ1v) is 14.2. The van der Waals surface area contributed by atoms with Crippen LogP contribution in [-0.2, 0) is 36.4 Å². The quantitative estimate of drug-likeness (QED) is 0.162. The topological polar surface area (TPSA) is 273 Å². The summed E-state index contributed by atoms with van der Waals surface area (Å²) in [6.07, 6.45) is -4.79. The fourth-order valence-corrected chi connectivity index (χ4v) is 5.89. The van der Waals surface area contributed by atoms with E-state index >= 15 is 0 Å². The second-order valence-corrected chi connectivity index (χ2v) is 11.6. The van der Waals surface area contributed by atoms with Gasteiger partial charge in [-0.3, -0.25) is 13.9 Å². The highest BCUT2D eigenvalue weighted by atomic mass is 31.3. The second-order valence-electron chi connectivity index (χ2n) is 7.19. The number of ether oxygens (including phenoxy) is 1. The molecule has 18 nitrogen and oxygen atoms in total. The van der Waals surface area contributed by atoms with E-state index in [4.69, 9.17) is 19.4 Å². The van der Waals surface area contributed by atoms with Crippen molar-refractivity contribution in [3.63, 3.8) is 0 Å². The number of hydrogen-bond acceptors (Lipinski definition) is 12. The van der Waals surface area contributed by atoms with Gasteiger partial charge in [0.15, 0.2) is 6.23 Å². The van der Waals surface area contributed by atoms with Crippen LogP contribution in [0.15, 0.2) is 11.0 Å². The summed E-state index contributed by atoms with van der Waals surface area (Å²) in [5, 5.41) is 22.9. The van der Waals surface area contributed by atoms with Crippen LogP contribution in [0.1, 0.15) is 31.6 Å². The number of carbonyl (C=O) groups excluding carboxylic acids is 1. The molecule has 200 valence electrons. The fourth-order valence-electron chi connectivity index (χ4n) is 2.86. The van der Waals surface area contributed by atoms with E-state index < -0.39 is 60.3 Å². The maximum absolute atomic E-state index is 12.4. The van der Waals surface area contributed by atoms with Crippen LogP contribution in [0.25, 0.3) is 0 Å². The first-order chi connectivity index (χ1) is 15.9. The summed E-state index contributed by atoms with van der Waals surface area (Å²) in [4.78, 5) is 63.6. The molecule has 1 aromatic rings. The Balaban J connectivity index is 2.11. The molecular weight excluding hydrogens is 543 g/mol. The van der Waals surface area contributed by atoms with Gasteiger partial charge in [0.2, 0.25) is 5.91 Å². The first kappa shape index (κ1) is 29.9. The van der Waals surface area contributed by atoms with Gasteiger partial charge in [0, 0.05) is 18.2 Å². The number of aliphatic hydroxyl groups is 2. The maximum Gasteiger partial charge on any atom is 0.490 e. The number of nitrogens with one attached hydrogen (secondary N) is 1. The van der Waals surface area contributed by atoms with Crippen molar-refractivity contribution in [2.45, 2.75) is 51.2 Å². The number of rotatable bonds is 11. The summed E-state index contributed by atoms with van der Waals surface area (Å²) in [7, 11) is -16.8. The summed E-state index contributed by atoms with van der Waals surface area (Å²) in [5.74, 6) is -0.402. The van der Waals surface area contributed by atoms with Crippen molar-refractivity contribution >= 4 is 35.2 Å². The molecule has 0 spiro atoms. The number of phosphoric ester groups is 1. The maximum atomic E-state index is 12.4. The van der Waals surface area contributed by atoms with Crippen molar-refractivity contribution in [1.29, 1.82) is 0 Å². The molecule has 2 unspecified atom stereocenters. The molecule has 0 bridgehead atoms. The molecule has 1 aliphatic heterocycles. The van der Waals surface area contributed by atoms with Gasteiger partial charge in [0.05, 0.1) is 6.61 Å². The van der Waals surface area contributed by atoms with Crippen LogP contribution < -0.4 is 11.0 Å². The Bertz CT molecular complexity index is 1140. The third kappa shape index (κ3) is 8.61. The minimum atomic E-state index is -5.75. The zero-order valence-corrected chi connectivity index (χ0v) is 20.8. The SMILES string of the molecule is CCCC(=O)Nc1nc(=O)n([C@@H]2O[C@H](COP(=O)(O)OP(=O)(O)OP(=O)(O)O)[C@@H](O)[C@H]2O)cc1C. The van der Waals surface area contributed by atoms with Crippen LogP contribution in [0.2, 0.25) is 0 Å². The Labute approximate surface area is 196 Å². The molecule has 1 aromatic heterocycles. The lowest BCUT2D eigenvalue weighted by atomic mass is 10.1. The molecule has 2 heterocycles.